The zero-order valence-corrected chi connectivity index (χ0v) is 29.4. The molecular formula is C27H20F2N8O13S4. The predicted octanol–water partition coefficient (Wildman–Crippen LogP) is 5.19. The van der Waals surface area contributed by atoms with Gasteiger partial charge in [0.2, 0.25) is 5.95 Å². The predicted molar refractivity (Wildman–Crippen MR) is 182 cm³/mol. The number of phenols is 1. The topological polar surface area (TPSA) is 337 Å². The van der Waals surface area contributed by atoms with Gasteiger partial charge in [-0.05, 0) is 60.7 Å². The smallest absolute Gasteiger partial charge is 0.313 e. The highest BCUT2D eigenvalue weighted by Gasteiger charge is 2.25. The molecule has 0 atom stereocenters. The van der Waals surface area contributed by atoms with E-state index in [1.54, 1.807) is 0 Å². The van der Waals surface area contributed by atoms with Crippen LogP contribution in [0.2, 0.25) is 0 Å². The number of phenolic OH excluding ortho intramolecular Hbond substituents is 1. The molecule has 5 aromatic rings. The van der Waals surface area contributed by atoms with Crippen molar-refractivity contribution >= 4 is 91.2 Å². The fourth-order valence-electron chi connectivity index (χ4n) is 4.51. The number of azo groups is 2. The van der Waals surface area contributed by atoms with Gasteiger partial charge in [-0.3, -0.25) is 18.2 Å². The maximum absolute atomic E-state index is 13.6. The van der Waals surface area contributed by atoms with Gasteiger partial charge < -0.3 is 15.7 Å². The van der Waals surface area contributed by atoms with Crippen LogP contribution in [0.15, 0.2) is 102 Å². The van der Waals surface area contributed by atoms with Crippen molar-refractivity contribution in [3.63, 3.8) is 0 Å². The van der Waals surface area contributed by atoms with E-state index in [1.165, 1.54) is 0 Å². The molecule has 7 N–H and O–H groups in total. The first kappa shape index (κ1) is 39.5. The average Bonchev–Trinajstić information content (AvgIpc) is 3.04. The van der Waals surface area contributed by atoms with Gasteiger partial charge >= 0.3 is 6.08 Å². The van der Waals surface area contributed by atoms with E-state index in [0.29, 0.717) is 12.1 Å². The SMILES string of the molecule is O=S(=O)(O)CNc1ccc2c(O)c(/N=N/c3cc(Nc4cc(F)nc(F)n4)ccc3S(=O)(=O)O)c(S(=O)(=O)O)cc2c1/N=N/c1ccc(S(=O)(=O)O)cc1. The number of anilines is 3. The van der Waals surface area contributed by atoms with Gasteiger partial charge in [-0.15, -0.1) is 15.3 Å². The number of aromatic hydroxyl groups is 1. The molecule has 21 nitrogen and oxygen atoms in total. The summed E-state index contributed by atoms with van der Waals surface area (Å²) < 4.78 is 161. The van der Waals surface area contributed by atoms with Crippen molar-refractivity contribution in [1.29, 1.82) is 0 Å². The van der Waals surface area contributed by atoms with Crippen LogP contribution in [0.5, 0.6) is 5.75 Å². The third-order valence-electron chi connectivity index (χ3n) is 6.76. The Morgan fingerprint density at radius 1 is 0.648 bits per heavy atom. The van der Waals surface area contributed by atoms with Crippen molar-refractivity contribution in [3.05, 3.63) is 78.8 Å². The molecule has 0 unspecified atom stereocenters. The Hall–Kier alpha value is -5.68. The minimum atomic E-state index is -5.39. The molecule has 54 heavy (non-hydrogen) atoms. The van der Waals surface area contributed by atoms with Crippen molar-refractivity contribution in [2.24, 2.45) is 20.5 Å². The fraction of sp³-hybridized carbons (Fsp3) is 0.0370. The molecule has 0 aliphatic heterocycles. The molecule has 4 aromatic carbocycles. The molecule has 0 saturated heterocycles. The lowest BCUT2D eigenvalue weighted by Gasteiger charge is -2.14. The van der Waals surface area contributed by atoms with Gasteiger partial charge in [0, 0.05) is 22.5 Å². The Balaban J connectivity index is 1.69. The number of hydrogen-bond donors (Lipinski definition) is 7. The summed E-state index contributed by atoms with van der Waals surface area (Å²) in [6, 6.07) is 10.3. The first-order valence-corrected chi connectivity index (χ1v) is 19.9. The lowest BCUT2D eigenvalue weighted by atomic mass is 10.1. The number of nitrogens with one attached hydrogen (secondary N) is 2. The van der Waals surface area contributed by atoms with Crippen LogP contribution in [0, 0.1) is 12.0 Å². The van der Waals surface area contributed by atoms with Gasteiger partial charge in [-0.1, -0.05) is 0 Å². The van der Waals surface area contributed by atoms with Crippen LogP contribution >= 0.6 is 0 Å². The van der Waals surface area contributed by atoms with Crippen LogP contribution in [-0.4, -0.2) is 72.8 Å². The van der Waals surface area contributed by atoms with Gasteiger partial charge in [0.1, 0.15) is 38.5 Å². The van der Waals surface area contributed by atoms with Gasteiger partial charge in [0.05, 0.1) is 16.3 Å². The van der Waals surface area contributed by atoms with E-state index < -0.39 is 102 Å². The van der Waals surface area contributed by atoms with Gasteiger partial charge in [-0.25, -0.2) is 0 Å². The lowest BCUT2D eigenvalue weighted by Crippen LogP contribution is -2.13. The number of aromatic nitrogens is 2. The van der Waals surface area contributed by atoms with E-state index >= 15 is 0 Å². The normalized spacial score (nSPS) is 12.9. The van der Waals surface area contributed by atoms with Crippen molar-refractivity contribution in [2.75, 3.05) is 16.5 Å². The second-order valence-corrected chi connectivity index (χ2v) is 16.2. The second-order valence-electron chi connectivity index (χ2n) is 10.5. The van der Waals surface area contributed by atoms with E-state index in [0.717, 1.165) is 54.6 Å². The van der Waals surface area contributed by atoms with Crippen LogP contribution in [0.1, 0.15) is 0 Å². The zero-order valence-electron chi connectivity index (χ0n) is 26.1. The molecule has 0 fully saturated rings. The Morgan fingerprint density at radius 3 is 1.89 bits per heavy atom. The summed E-state index contributed by atoms with van der Waals surface area (Å²) in [6.07, 6.45) is -1.46. The summed E-state index contributed by atoms with van der Waals surface area (Å²) in [7, 11) is -19.7. The Labute approximate surface area is 302 Å². The molecule has 0 spiro atoms. The summed E-state index contributed by atoms with van der Waals surface area (Å²) in [4.78, 5) is 3.52. The van der Waals surface area contributed by atoms with E-state index in [9.17, 15) is 65.8 Å². The van der Waals surface area contributed by atoms with Crippen LogP contribution in [0.3, 0.4) is 0 Å². The highest BCUT2D eigenvalue weighted by atomic mass is 32.2. The summed E-state index contributed by atoms with van der Waals surface area (Å²) in [5.41, 5.74) is -2.64. The first-order chi connectivity index (χ1) is 25.0. The molecule has 1 heterocycles. The molecule has 0 amide bonds. The van der Waals surface area contributed by atoms with Crippen LogP contribution in [-0.2, 0) is 40.5 Å². The van der Waals surface area contributed by atoms with Crippen LogP contribution in [0.25, 0.3) is 10.8 Å². The first-order valence-electron chi connectivity index (χ1n) is 14.0. The van der Waals surface area contributed by atoms with E-state index in [-0.39, 0.29) is 27.8 Å². The highest BCUT2D eigenvalue weighted by Crippen LogP contribution is 2.47. The van der Waals surface area contributed by atoms with Gasteiger partial charge in [0.15, 0.2) is 5.75 Å². The Bertz CT molecular complexity index is 2820. The molecule has 0 aliphatic carbocycles. The number of nitrogens with zero attached hydrogens (tertiary/aromatic N) is 6. The van der Waals surface area contributed by atoms with E-state index in [2.05, 4.69) is 41.1 Å². The van der Waals surface area contributed by atoms with Crippen LogP contribution < -0.4 is 10.6 Å². The minimum absolute atomic E-state index is 0.0638. The molecule has 0 bridgehead atoms. The minimum Gasteiger partial charge on any atom is -0.505 e. The lowest BCUT2D eigenvalue weighted by molar-refractivity contribution is 0.472. The van der Waals surface area contributed by atoms with Gasteiger partial charge in [0.25, 0.3) is 40.5 Å². The Morgan fingerprint density at radius 2 is 1.30 bits per heavy atom. The van der Waals surface area contributed by atoms with Crippen molar-refractivity contribution in [2.45, 2.75) is 14.7 Å². The average molecular weight is 831 g/mol. The van der Waals surface area contributed by atoms with Gasteiger partial charge in [-0.2, -0.15) is 57.5 Å². The number of fused-ring (bicyclic) bond motifs is 1. The van der Waals surface area contributed by atoms with Crippen molar-refractivity contribution < 1.29 is 65.8 Å². The molecule has 1 aromatic heterocycles. The fourth-order valence-corrected chi connectivity index (χ4v) is 6.58. The van der Waals surface area contributed by atoms with E-state index in [1.807, 2.05) is 0 Å². The maximum Gasteiger partial charge on any atom is 0.313 e. The van der Waals surface area contributed by atoms with E-state index in [4.69, 9.17) is 0 Å². The summed E-state index contributed by atoms with van der Waals surface area (Å²) in [5, 5.41) is 30.4. The molecule has 284 valence electrons. The highest BCUT2D eigenvalue weighted by molar-refractivity contribution is 7.86. The quantitative estimate of drug-likeness (QED) is 0.0368. The van der Waals surface area contributed by atoms with Crippen molar-refractivity contribution in [3.8, 4) is 5.75 Å². The molecule has 5 rings (SSSR count). The number of rotatable bonds is 12. The molecule has 0 saturated carbocycles. The maximum atomic E-state index is 13.6. The number of benzene rings is 4. The number of hydrogen-bond acceptors (Lipinski definition) is 17. The summed E-state index contributed by atoms with van der Waals surface area (Å²) in [5.74, 6) is -3.88. The van der Waals surface area contributed by atoms with Crippen molar-refractivity contribution in [1.82, 2.24) is 9.97 Å². The number of halogens is 2. The molecule has 0 radical (unpaired) electrons. The molecular weight excluding hydrogens is 811 g/mol. The third kappa shape index (κ3) is 9.45. The monoisotopic (exact) mass is 830 g/mol. The Kier molecular flexibility index (Phi) is 10.7. The molecule has 27 heteroatoms. The standard InChI is InChI=1S/C27H20F2N8O13S4/c28-22-11-23(33-27(29)32-22)31-14-3-8-20(53(45,46)47)19(9-14)35-37-25-21(54(48,49)50)10-17-16(26(25)38)6-7-18(30-12-51(39,40)41)24(17)36-34-13-1-4-15(5-2-13)52(42,43)44/h1-11,30,38H,12H2,(H,31,32,33)(H,39,40,41)(H,42,43,44)(H,45,46,47)(H,48,49,50)/b36-34+,37-35+. The third-order valence-corrected chi connectivity index (χ3v) is 9.91. The van der Waals surface area contributed by atoms with Crippen LogP contribution in [0.4, 0.5) is 48.7 Å². The summed E-state index contributed by atoms with van der Waals surface area (Å²) >= 11 is 0. The molecule has 0 aliphatic rings. The largest absolute Gasteiger partial charge is 0.505 e. The zero-order chi connectivity index (χ0) is 39.8. The summed E-state index contributed by atoms with van der Waals surface area (Å²) in [6.45, 7) is 0. The second kappa shape index (κ2) is 14.6.